The normalized spacial score (nSPS) is 40.8. The molecular weight excluding hydrogens is 144 g/mol. The lowest BCUT2D eigenvalue weighted by atomic mass is 9.98. The van der Waals surface area contributed by atoms with Crippen LogP contribution in [0.25, 0.3) is 0 Å². The SMILES string of the molecule is C1CCC2CSC2COC1. The summed E-state index contributed by atoms with van der Waals surface area (Å²) in [5.41, 5.74) is 0. The van der Waals surface area contributed by atoms with E-state index in [9.17, 15) is 0 Å². The van der Waals surface area contributed by atoms with Crippen LogP contribution in [0.15, 0.2) is 0 Å². The van der Waals surface area contributed by atoms with Crippen LogP contribution in [0.2, 0.25) is 0 Å². The van der Waals surface area contributed by atoms with Gasteiger partial charge in [-0.25, -0.2) is 0 Å². The first-order valence-corrected chi connectivity index (χ1v) is 5.21. The summed E-state index contributed by atoms with van der Waals surface area (Å²) in [6, 6.07) is 0. The van der Waals surface area contributed by atoms with E-state index in [1.807, 2.05) is 0 Å². The Balaban J connectivity index is 1.83. The highest BCUT2D eigenvalue weighted by Gasteiger charge is 2.31. The second kappa shape index (κ2) is 3.14. The Bertz CT molecular complexity index is 102. The molecular formula is C8H14OS. The Hall–Kier alpha value is 0.310. The van der Waals surface area contributed by atoms with Crippen LogP contribution in [0.5, 0.6) is 0 Å². The van der Waals surface area contributed by atoms with Gasteiger partial charge in [0.15, 0.2) is 0 Å². The van der Waals surface area contributed by atoms with Crippen LogP contribution in [0.4, 0.5) is 0 Å². The Morgan fingerprint density at radius 1 is 1.30 bits per heavy atom. The van der Waals surface area contributed by atoms with Crippen molar-refractivity contribution in [1.82, 2.24) is 0 Å². The van der Waals surface area contributed by atoms with Crippen molar-refractivity contribution < 1.29 is 4.74 Å². The van der Waals surface area contributed by atoms with Crippen molar-refractivity contribution in [3.8, 4) is 0 Å². The van der Waals surface area contributed by atoms with Gasteiger partial charge in [0.25, 0.3) is 0 Å². The Morgan fingerprint density at radius 2 is 2.30 bits per heavy atom. The molecule has 0 aromatic heterocycles. The molecule has 58 valence electrons. The molecule has 1 nitrogen and oxygen atoms in total. The third kappa shape index (κ3) is 1.32. The van der Waals surface area contributed by atoms with E-state index in [0.717, 1.165) is 24.4 Å². The summed E-state index contributed by atoms with van der Waals surface area (Å²) in [6.45, 7) is 2.03. The molecule has 2 fully saturated rings. The smallest absolute Gasteiger partial charge is 0.0587 e. The summed E-state index contributed by atoms with van der Waals surface area (Å²) in [5, 5.41) is 0.861. The first-order valence-electron chi connectivity index (χ1n) is 4.16. The maximum absolute atomic E-state index is 5.49. The molecule has 2 saturated heterocycles. The predicted molar refractivity (Wildman–Crippen MR) is 44.4 cm³/mol. The minimum atomic E-state index is 0.861. The van der Waals surface area contributed by atoms with Gasteiger partial charge >= 0.3 is 0 Å². The lowest BCUT2D eigenvalue weighted by molar-refractivity contribution is 0.104. The molecule has 0 aliphatic carbocycles. The van der Waals surface area contributed by atoms with Gasteiger partial charge in [-0.15, -0.1) is 0 Å². The Labute approximate surface area is 66.5 Å². The van der Waals surface area contributed by atoms with Crippen LogP contribution < -0.4 is 0 Å². The first kappa shape index (κ1) is 6.99. The van der Waals surface area contributed by atoms with Gasteiger partial charge < -0.3 is 4.74 Å². The van der Waals surface area contributed by atoms with Gasteiger partial charge in [0.05, 0.1) is 6.61 Å². The number of hydrogen-bond acceptors (Lipinski definition) is 2. The van der Waals surface area contributed by atoms with E-state index in [1.54, 1.807) is 0 Å². The molecule has 2 aliphatic rings. The van der Waals surface area contributed by atoms with Crippen molar-refractivity contribution in [1.29, 1.82) is 0 Å². The minimum absolute atomic E-state index is 0.861. The molecule has 0 aromatic carbocycles. The summed E-state index contributed by atoms with van der Waals surface area (Å²) < 4.78 is 5.49. The molecule has 10 heavy (non-hydrogen) atoms. The third-order valence-corrected chi connectivity index (χ3v) is 4.02. The largest absolute Gasteiger partial charge is 0.380 e. The summed E-state index contributed by atoms with van der Waals surface area (Å²) >= 11 is 2.09. The highest BCUT2D eigenvalue weighted by atomic mass is 32.2. The topological polar surface area (TPSA) is 9.23 Å². The van der Waals surface area contributed by atoms with E-state index >= 15 is 0 Å². The summed E-state index contributed by atoms with van der Waals surface area (Å²) in [5.74, 6) is 2.40. The second-order valence-corrected chi connectivity index (χ2v) is 4.47. The lowest BCUT2D eigenvalue weighted by Gasteiger charge is -2.37. The fourth-order valence-electron chi connectivity index (χ4n) is 1.63. The average molecular weight is 158 g/mol. The highest BCUT2D eigenvalue weighted by Crippen LogP contribution is 2.38. The van der Waals surface area contributed by atoms with Crippen LogP contribution in [-0.2, 0) is 4.74 Å². The van der Waals surface area contributed by atoms with Gasteiger partial charge in [-0.3, -0.25) is 0 Å². The zero-order chi connectivity index (χ0) is 6.81. The van der Waals surface area contributed by atoms with Crippen molar-refractivity contribution in [3.05, 3.63) is 0 Å². The van der Waals surface area contributed by atoms with Gasteiger partial charge in [-0.1, -0.05) is 6.42 Å². The Morgan fingerprint density at radius 3 is 3.10 bits per heavy atom. The number of ether oxygens (including phenoxy) is 1. The second-order valence-electron chi connectivity index (χ2n) is 3.20. The first-order chi connectivity index (χ1) is 4.97. The van der Waals surface area contributed by atoms with E-state index < -0.39 is 0 Å². The van der Waals surface area contributed by atoms with Gasteiger partial charge in [-0.05, 0) is 24.5 Å². The number of thioether (sulfide) groups is 1. The van der Waals surface area contributed by atoms with Gasteiger partial charge in [0.1, 0.15) is 0 Å². The summed E-state index contributed by atoms with van der Waals surface area (Å²) in [7, 11) is 0. The van der Waals surface area contributed by atoms with Crippen molar-refractivity contribution >= 4 is 11.8 Å². The maximum Gasteiger partial charge on any atom is 0.0587 e. The Kier molecular flexibility index (Phi) is 2.19. The molecule has 2 rings (SSSR count). The average Bonchev–Trinajstić information content (AvgIpc) is 1.89. The number of hydrogen-bond donors (Lipinski definition) is 0. The lowest BCUT2D eigenvalue weighted by Crippen LogP contribution is -2.35. The van der Waals surface area contributed by atoms with Crippen LogP contribution in [0, 0.1) is 5.92 Å². The van der Waals surface area contributed by atoms with Crippen molar-refractivity contribution in [3.63, 3.8) is 0 Å². The van der Waals surface area contributed by atoms with Crippen LogP contribution in [0.1, 0.15) is 19.3 Å². The van der Waals surface area contributed by atoms with Crippen molar-refractivity contribution in [2.75, 3.05) is 19.0 Å². The summed E-state index contributed by atoms with van der Waals surface area (Å²) in [6.07, 6.45) is 4.14. The fraction of sp³-hybridized carbons (Fsp3) is 1.00. The van der Waals surface area contributed by atoms with Crippen LogP contribution in [-0.4, -0.2) is 24.2 Å². The van der Waals surface area contributed by atoms with Gasteiger partial charge in [0, 0.05) is 11.9 Å². The molecule has 0 amide bonds. The predicted octanol–water partition coefficient (Wildman–Crippen LogP) is 1.92. The van der Waals surface area contributed by atoms with E-state index in [2.05, 4.69) is 11.8 Å². The molecule has 0 aromatic rings. The van der Waals surface area contributed by atoms with E-state index in [4.69, 9.17) is 4.74 Å². The standard InChI is InChI=1S/C8H14OS/c1-2-4-9-5-8-7(3-1)6-10-8/h7-8H,1-6H2. The molecule has 0 saturated carbocycles. The third-order valence-electron chi connectivity index (χ3n) is 2.45. The molecule has 0 N–H and O–H groups in total. The monoisotopic (exact) mass is 158 g/mol. The van der Waals surface area contributed by atoms with Crippen LogP contribution >= 0.6 is 11.8 Å². The molecule has 2 heteroatoms. The molecule has 2 atom stereocenters. The minimum Gasteiger partial charge on any atom is -0.380 e. The van der Waals surface area contributed by atoms with E-state index in [0.29, 0.717) is 0 Å². The molecule has 0 spiro atoms. The van der Waals surface area contributed by atoms with E-state index in [-0.39, 0.29) is 0 Å². The summed E-state index contributed by atoms with van der Waals surface area (Å²) in [4.78, 5) is 0. The molecule has 2 heterocycles. The zero-order valence-electron chi connectivity index (χ0n) is 6.21. The quantitative estimate of drug-likeness (QED) is 0.532. The number of rotatable bonds is 0. The molecule has 2 unspecified atom stereocenters. The van der Waals surface area contributed by atoms with Crippen molar-refractivity contribution in [2.45, 2.75) is 24.5 Å². The molecule has 0 radical (unpaired) electrons. The number of fused-ring (bicyclic) bond motifs is 1. The van der Waals surface area contributed by atoms with Crippen LogP contribution in [0.3, 0.4) is 0 Å². The molecule has 0 bridgehead atoms. The maximum atomic E-state index is 5.49. The van der Waals surface area contributed by atoms with E-state index in [1.165, 1.54) is 25.0 Å². The van der Waals surface area contributed by atoms with Gasteiger partial charge in [-0.2, -0.15) is 11.8 Å². The fourth-order valence-corrected chi connectivity index (χ4v) is 2.86. The van der Waals surface area contributed by atoms with Gasteiger partial charge in [0.2, 0.25) is 0 Å². The zero-order valence-corrected chi connectivity index (χ0v) is 7.03. The highest BCUT2D eigenvalue weighted by molar-refractivity contribution is 8.01. The van der Waals surface area contributed by atoms with Crippen molar-refractivity contribution in [2.24, 2.45) is 5.92 Å². The molecule has 2 aliphatic heterocycles.